The van der Waals surface area contributed by atoms with E-state index in [0.717, 1.165) is 60.3 Å². The smallest absolute Gasteiger partial charge is 0.444 e. The quantitative estimate of drug-likeness (QED) is 0.169. The van der Waals surface area contributed by atoms with E-state index in [0.29, 0.717) is 41.7 Å². The monoisotopic (exact) mass is 690 g/mol. The van der Waals surface area contributed by atoms with E-state index < -0.39 is 18.1 Å². The molecular formula is C35H39Cl2F3N4O3. The molecule has 1 fully saturated rings. The van der Waals surface area contributed by atoms with Gasteiger partial charge in [0.05, 0.1) is 5.52 Å². The molecule has 0 atom stereocenters. The third-order valence-corrected chi connectivity index (χ3v) is 8.61. The highest BCUT2D eigenvalue weighted by Gasteiger charge is 2.31. The summed E-state index contributed by atoms with van der Waals surface area (Å²) in [6, 6.07) is 17.8. The van der Waals surface area contributed by atoms with Crippen molar-refractivity contribution in [2.45, 2.75) is 58.7 Å². The predicted molar refractivity (Wildman–Crippen MR) is 180 cm³/mol. The van der Waals surface area contributed by atoms with E-state index in [1.807, 2.05) is 49.7 Å². The number of piperazine rings is 1. The topological polar surface area (TPSA) is 59.0 Å². The first-order valence-corrected chi connectivity index (χ1v) is 16.3. The summed E-state index contributed by atoms with van der Waals surface area (Å²) in [5.41, 5.74) is 4.24. The van der Waals surface area contributed by atoms with E-state index in [1.54, 1.807) is 12.1 Å². The molecule has 7 nitrogen and oxygen atoms in total. The summed E-state index contributed by atoms with van der Waals surface area (Å²) in [6.45, 7) is 10.9. The maximum Gasteiger partial charge on any atom is 0.573 e. The summed E-state index contributed by atoms with van der Waals surface area (Å²) in [5, 5.41) is 5.20. The van der Waals surface area contributed by atoms with E-state index in [9.17, 15) is 18.0 Å². The Morgan fingerprint density at radius 3 is 2.15 bits per heavy atom. The van der Waals surface area contributed by atoms with Crippen LogP contribution in [0.2, 0.25) is 10.0 Å². The molecule has 252 valence electrons. The summed E-state index contributed by atoms with van der Waals surface area (Å²) < 4.78 is 49.7. The summed E-state index contributed by atoms with van der Waals surface area (Å²) >= 11 is 12.8. The van der Waals surface area contributed by atoms with Crippen LogP contribution in [0.15, 0.2) is 66.9 Å². The number of hydrogen-bond donors (Lipinski definition) is 1. The minimum atomic E-state index is -4.76. The van der Waals surface area contributed by atoms with Crippen LogP contribution < -0.4 is 10.1 Å². The van der Waals surface area contributed by atoms with Crippen molar-refractivity contribution in [3.63, 3.8) is 0 Å². The molecule has 2 heterocycles. The molecule has 0 aliphatic carbocycles. The molecule has 12 heteroatoms. The first kappa shape index (κ1) is 34.9. The van der Waals surface area contributed by atoms with Gasteiger partial charge in [0.2, 0.25) is 0 Å². The third kappa shape index (κ3) is 9.79. The minimum Gasteiger partial charge on any atom is -0.444 e. The number of carbonyl (C=O) groups is 1. The lowest BCUT2D eigenvalue weighted by atomic mass is 10.1. The van der Waals surface area contributed by atoms with Crippen LogP contribution >= 0.6 is 23.2 Å². The van der Waals surface area contributed by atoms with Crippen LogP contribution in [0.25, 0.3) is 16.6 Å². The van der Waals surface area contributed by atoms with Crippen molar-refractivity contribution < 1.29 is 27.4 Å². The Kier molecular flexibility index (Phi) is 11.0. The zero-order valence-corrected chi connectivity index (χ0v) is 28.2. The fourth-order valence-corrected chi connectivity index (χ4v) is 6.23. The van der Waals surface area contributed by atoms with Crippen molar-refractivity contribution in [1.82, 2.24) is 19.7 Å². The van der Waals surface area contributed by atoms with Crippen LogP contribution in [0.3, 0.4) is 0 Å². The van der Waals surface area contributed by atoms with Gasteiger partial charge < -0.3 is 19.4 Å². The lowest BCUT2D eigenvalue weighted by molar-refractivity contribution is -0.274. The number of nitrogens with zero attached hydrogens (tertiary/aromatic N) is 3. The molecule has 0 bridgehead atoms. The molecule has 4 aromatic rings. The Hall–Kier alpha value is -3.44. The summed E-state index contributed by atoms with van der Waals surface area (Å²) in [5.74, 6) is -0.275. The van der Waals surface area contributed by atoms with E-state index in [1.165, 1.54) is 12.1 Å². The second-order valence-corrected chi connectivity index (χ2v) is 13.5. The molecule has 0 unspecified atom stereocenters. The number of rotatable bonds is 10. The SMILES string of the molecule is CC(C)(C)OC(=O)NCCCc1cn(-c2ccc(OC(F)(F)F)cc2)c2cc(CN3CCN(Cc4c(Cl)cccc4Cl)CC3)ccc12. The Balaban J connectivity index is 1.30. The lowest BCUT2D eigenvalue weighted by Gasteiger charge is -2.35. The zero-order valence-electron chi connectivity index (χ0n) is 26.7. The third-order valence-electron chi connectivity index (χ3n) is 7.91. The summed E-state index contributed by atoms with van der Waals surface area (Å²) in [4.78, 5) is 16.8. The van der Waals surface area contributed by atoms with Gasteiger partial charge >= 0.3 is 12.5 Å². The standard InChI is InChI=1S/C35H39Cl2F3N4O3/c1-34(2,3)47-33(45)41-15-5-6-25-22-44(26-10-12-27(13-11-26)46-35(38,39)40)32-20-24(9-14-28(25)32)21-42-16-18-43(19-17-42)23-29-30(36)7-4-8-31(29)37/h4,7-14,20,22H,5-6,15-19,21,23H2,1-3H3,(H,41,45). The summed E-state index contributed by atoms with van der Waals surface area (Å²) in [6.07, 6.45) is -1.84. The van der Waals surface area contributed by atoms with Gasteiger partial charge in [0.1, 0.15) is 11.4 Å². The van der Waals surface area contributed by atoms with Crippen LogP contribution in [-0.4, -0.2) is 65.1 Å². The van der Waals surface area contributed by atoms with Crippen LogP contribution in [0.1, 0.15) is 43.9 Å². The zero-order chi connectivity index (χ0) is 33.8. The average molecular weight is 692 g/mol. The highest BCUT2D eigenvalue weighted by atomic mass is 35.5. The maximum absolute atomic E-state index is 12.8. The molecule has 1 N–H and O–H groups in total. The van der Waals surface area contributed by atoms with Gasteiger partial charge in [-0.05, 0) is 87.2 Å². The van der Waals surface area contributed by atoms with Crippen molar-refractivity contribution >= 4 is 40.2 Å². The lowest BCUT2D eigenvalue weighted by Crippen LogP contribution is -2.45. The molecule has 5 rings (SSSR count). The van der Waals surface area contributed by atoms with Crippen molar-refractivity contribution in [3.05, 3.63) is 93.6 Å². The molecule has 47 heavy (non-hydrogen) atoms. The van der Waals surface area contributed by atoms with Gasteiger partial charge in [-0.1, -0.05) is 41.4 Å². The van der Waals surface area contributed by atoms with Gasteiger partial charge in [0.15, 0.2) is 0 Å². The van der Waals surface area contributed by atoms with Crippen LogP contribution in [0, 0.1) is 0 Å². The number of carbonyl (C=O) groups excluding carboxylic acids is 1. The van der Waals surface area contributed by atoms with Crippen molar-refractivity contribution in [1.29, 1.82) is 0 Å². The fraction of sp³-hybridized carbons (Fsp3) is 0.400. The number of aryl methyl sites for hydroxylation is 1. The number of benzene rings is 3. The second-order valence-electron chi connectivity index (χ2n) is 12.7. The Labute approximate surface area is 283 Å². The predicted octanol–water partition coefficient (Wildman–Crippen LogP) is 8.61. The molecule has 1 amide bonds. The minimum absolute atomic E-state index is 0.275. The molecule has 1 saturated heterocycles. The highest BCUT2D eigenvalue weighted by molar-refractivity contribution is 6.35. The second kappa shape index (κ2) is 14.8. The van der Waals surface area contributed by atoms with Gasteiger partial charge in [-0.15, -0.1) is 13.2 Å². The van der Waals surface area contributed by atoms with Gasteiger partial charge in [0.25, 0.3) is 0 Å². The summed E-state index contributed by atoms with van der Waals surface area (Å²) in [7, 11) is 0. The van der Waals surface area contributed by atoms with Gasteiger partial charge in [-0.2, -0.15) is 0 Å². The molecule has 0 radical (unpaired) electrons. The molecule has 0 saturated carbocycles. The van der Waals surface area contributed by atoms with E-state index in [2.05, 4.69) is 38.1 Å². The van der Waals surface area contributed by atoms with Crippen molar-refractivity contribution in [2.24, 2.45) is 0 Å². The number of amides is 1. The van der Waals surface area contributed by atoms with Crippen molar-refractivity contribution in [3.8, 4) is 11.4 Å². The first-order valence-electron chi connectivity index (χ1n) is 15.6. The van der Waals surface area contributed by atoms with Gasteiger partial charge in [-0.3, -0.25) is 9.80 Å². The Morgan fingerprint density at radius 2 is 1.53 bits per heavy atom. The molecule has 0 spiro atoms. The molecular weight excluding hydrogens is 652 g/mol. The molecule has 3 aromatic carbocycles. The molecule has 1 aromatic heterocycles. The van der Waals surface area contributed by atoms with Gasteiger partial charge in [-0.25, -0.2) is 4.79 Å². The van der Waals surface area contributed by atoms with Crippen molar-refractivity contribution in [2.75, 3.05) is 32.7 Å². The van der Waals surface area contributed by atoms with E-state index in [-0.39, 0.29) is 5.75 Å². The Bertz CT molecular complexity index is 1660. The largest absolute Gasteiger partial charge is 0.573 e. The van der Waals surface area contributed by atoms with Gasteiger partial charge in [0, 0.05) is 78.7 Å². The number of hydrogen-bond acceptors (Lipinski definition) is 5. The average Bonchev–Trinajstić information content (AvgIpc) is 3.34. The van der Waals surface area contributed by atoms with Crippen LogP contribution in [0.5, 0.6) is 5.75 Å². The number of aromatic nitrogens is 1. The van der Waals surface area contributed by atoms with Crippen LogP contribution in [-0.2, 0) is 24.2 Å². The number of nitrogens with one attached hydrogen (secondary N) is 1. The normalized spacial score (nSPS) is 14.8. The highest BCUT2D eigenvalue weighted by Crippen LogP contribution is 2.30. The number of fused-ring (bicyclic) bond motifs is 1. The number of ether oxygens (including phenoxy) is 2. The van der Waals surface area contributed by atoms with E-state index in [4.69, 9.17) is 27.9 Å². The molecule has 1 aliphatic heterocycles. The number of halogens is 5. The van der Waals surface area contributed by atoms with Crippen LogP contribution in [0.4, 0.5) is 18.0 Å². The Morgan fingerprint density at radius 1 is 0.894 bits per heavy atom. The fourth-order valence-electron chi connectivity index (χ4n) is 5.72. The first-order chi connectivity index (χ1) is 22.2. The number of alkyl carbamates (subject to hydrolysis) is 1. The maximum atomic E-state index is 12.8. The van der Waals surface area contributed by atoms with E-state index >= 15 is 0 Å². The molecule has 1 aliphatic rings. The number of alkyl halides is 3.